The van der Waals surface area contributed by atoms with Crippen molar-refractivity contribution in [1.29, 1.82) is 0 Å². The highest BCUT2D eigenvalue weighted by atomic mass is 35.5. The van der Waals surface area contributed by atoms with E-state index in [1.165, 1.54) is 15.6 Å². The van der Waals surface area contributed by atoms with Crippen LogP contribution in [-0.4, -0.2) is 26.3 Å². The van der Waals surface area contributed by atoms with Crippen molar-refractivity contribution in [3.63, 3.8) is 0 Å². The Hall–Kier alpha value is -0.100. The number of hydrogen-bond donors (Lipinski definition) is 0. The third-order valence-electron chi connectivity index (χ3n) is 2.23. The minimum atomic E-state index is -3.31. The molecule has 0 bridgehead atoms. The minimum Gasteiger partial charge on any atom is -0.206 e. The number of halogens is 1. The number of alkyl halides is 1. The summed E-state index contributed by atoms with van der Waals surface area (Å²) in [5.41, 5.74) is 0.943. The first kappa shape index (κ1) is 13.0. The molecular formula is C9H14ClNO2S2. The van der Waals surface area contributed by atoms with E-state index in [4.69, 9.17) is 11.6 Å². The van der Waals surface area contributed by atoms with Crippen LogP contribution < -0.4 is 0 Å². The largest absolute Gasteiger partial charge is 0.252 e. The van der Waals surface area contributed by atoms with Crippen molar-refractivity contribution in [3.8, 4) is 0 Å². The molecule has 1 aromatic rings. The van der Waals surface area contributed by atoms with Gasteiger partial charge in [0.2, 0.25) is 0 Å². The van der Waals surface area contributed by atoms with E-state index in [1.54, 1.807) is 20.0 Å². The van der Waals surface area contributed by atoms with E-state index in [1.807, 2.05) is 6.92 Å². The van der Waals surface area contributed by atoms with E-state index in [0.717, 1.165) is 10.4 Å². The van der Waals surface area contributed by atoms with Crippen LogP contribution in [0.1, 0.15) is 17.4 Å². The monoisotopic (exact) mass is 267 g/mol. The van der Waals surface area contributed by atoms with Crippen LogP contribution in [-0.2, 0) is 15.9 Å². The summed E-state index contributed by atoms with van der Waals surface area (Å²) in [5, 5.41) is 0. The normalized spacial score (nSPS) is 12.3. The van der Waals surface area contributed by atoms with Gasteiger partial charge in [0.05, 0.1) is 5.88 Å². The van der Waals surface area contributed by atoms with Gasteiger partial charge in [-0.2, -0.15) is 0 Å². The summed E-state index contributed by atoms with van der Waals surface area (Å²) in [7, 11) is -1.73. The molecule has 0 aliphatic heterocycles. The van der Waals surface area contributed by atoms with Gasteiger partial charge in [0, 0.05) is 18.5 Å². The van der Waals surface area contributed by atoms with Gasteiger partial charge in [0.25, 0.3) is 10.0 Å². The summed E-state index contributed by atoms with van der Waals surface area (Å²) in [5.74, 6) is 0.363. The molecule has 0 saturated carbocycles. The maximum absolute atomic E-state index is 11.9. The second-order valence-corrected chi connectivity index (χ2v) is 6.90. The molecule has 0 unspecified atom stereocenters. The molecule has 15 heavy (non-hydrogen) atoms. The first-order valence-corrected chi connectivity index (χ1v) is 7.34. The van der Waals surface area contributed by atoms with Crippen LogP contribution in [0.5, 0.6) is 0 Å². The maximum atomic E-state index is 11.9. The van der Waals surface area contributed by atoms with Crippen LogP contribution in [0.15, 0.2) is 10.3 Å². The molecule has 1 heterocycles. The quantitative estimate of drug-likeness (QED) is 0.786. The Labute approximate surface area is 99.7 Å². The smallest absolute Gasteiger partial charge is 0.206 e. The van der Waals surface area contributed by atoms with E-state index in [2.05, 4.69) is 0 Å². The standard InChI is InChI=1S/C9H14ClNO2S2/c1-4-11(3)15(12,13)9-5-7(2)8(6-10)14-9/h5H,4,6H2,1-3H3. The molecule has 0 aliphatic carbocycles. The molecule has 0 amide bonds. The van der Waals surface area contributed by atoms with Gasteiger partial charge in [-0.15, -0.1) is 22.9 Å². The molecule has 0 N–H and O–H groups in total. The first-order chi connectivity index (χ1) is 6.93. The summed E-state index contributed by atoms with van der Waals surface area (Å²) in [4.78, 5) is 0.916. The zero-order valence-electron chi connectivity index (χ0n) is 8.95. The van der Waals surface area contributed by atoms with Gasteiger partial charge in [-0.25, -0.2) is 12.7 Å². The van der Waals surface area contributed by atoms with Crippen LogP contribution in [0.3, 0.4) is 0 Å². The van der Waals surface area contributed by atoms with Crippen molar-refractivity contribution in [2.45, 2.75) is 23.9 Å². The van der Waals surface area contributed by atoms with Crippen molar-refractivity contribution in [1.82, 2.24) is 4.31 Å². The summed E-state index contributed by atoms with van der Waals surface area (Å²) in [6.07, 6.45) is 0. The number of aryl methyl sites for hydroxylation is 1. The predicted molar refractivity (Wildman–Crippen MR) is 64.1 cm³/mol. The number of hydrogen-bond acceptors (Lipinski definition) is 3. The molecule has 1 rings (SSSR count). The van der Waals surface area contributed by atoms with Crippen molar-refractivity contribution < 1.29 is 8.42 Å². The number of sulfonamides is 1. The molecule has 0 radical (unpaired) electrons. The lowest BCUT2D eigenvalue weighted by Gasteiger charge is -2.12. The van der Waals surface area contributed by atoms with E-state index in [9.17, 15) is 8.42 Å². The Morgan fingerprint density at radius 2 is 2.13 bits per heavy atom. The Kier molecular flexibility index (Phi) is 4.17. The Morgan fingerprint density at radius 1 is 1.53 bits per heavy atom. The molecule has 0 aliphatic rings. The van der Waals surface area contributed by atoms with Gasteiger partial charge >= 0.3 is 0 Å². The average Bonchev–Trinajstić information content (AvgIpc) is 2.58. The lowest BCUT2D eigenvalue weighted by Crippen LogP contribution is -2.25. The fourth-order valence-electron chi connectivity index (χ4n) is 1.07. The average molecular weight is 268 g/mol. The number of thiophene rings is 1. The van der Waals surface area contributed by atoms with Crippen molar-refractivity contribution in [3.05, 3.63) is 16.5 Å². The number of nitrogens with zero attached hydrogens (tertiary/aromatic N) is 1. The predicted octanol–water partition coefficient (Wildman–Crippen LogP) is 2.44. The highest BCUT2D eigenvalue weighted by Gasteiger charge is 2.22. The van der Waals surface area contributed by atoms with Gasteiger partial charge in [0.1, 0.15) is 4.21 Å². The van der Waals surface area contributed by atoms with Crippen LogP contribution in [0, 0.1) is 6.92 Å². The lowest BCUT2D eigenvalue weighted by molar-refractivity contribution is 0.488. The van der Waals surface area contributed by atoms with Crippen LogP contribution in [0.4, 0.5) is 0 Å². The van der Waals surface area contributed by atoms with Crippen molar-refractivity contribution >= 4 is 33.0 Å². The topological polar surface area (TPSA) is 37.4 Å². The second kappa shape index (κ2) is 4.82. The summed E-state index contributed by atoms with van der Waals surface area (Å²) in [6, 6.07) is 1.68. The molecule has 1 aromatic heterocycles. The van der Waals surface area contributed by atoms with E-state index in [-0.39, 0.29) is 0 Å². The molecule has 0 atom stereocenters. The van der Waals surface area contributed by atoms with E-state index < -0.39 is 10.0 Å². The van der Waals surface area contributed by atoms with E-state index >= 15 is 0 Å². The third-order valence-corrected chi connectivity index (χ3v) is 6.27. The highest BCUT2D eigenvalue weighted by Crippen LogP contribution is 2.28. The van der Waals surface area contributed by atoms with E-state index in [0.29, 0.717) is 16.6 Å². The first-order valence-electron chi connectivity index (χ1n) is 4.55. The molecule has 6 heteroatoms. The van der Waals surface area contributed by atoms with Crippen LogP contribution in [0.25, 0.3) is 0 Å². The molecule has 0 fully saturated rings. The minimum absolute atomic E-state index is 0.363. The molecule has 3 nitrogen and oxygen atoms in total. The Balaban J connectivity index is 3.17. The summed E-state index contributed by atoms with van der Waals surface area (Å²) in [6.45, 7) is 4.15. The van der Waals surface area contributed by atoms with Gasteiger partial charge in [-0.05, 0) is 18.6 Å². The van der Waals surface area contributed by atoms with Gasteiger partial charge in [-0.3, -0.25) is 0 Å². The van der Waals surface area contributed by atoms with Crippen molar-refractivity contribution in [2.24, 2.45) is 0 Å². The molecular weight excluding hydrogens is 254 g/mol. The highest BCUT2D eigenvalue weighted by molar-refractivity contribution is 7.91. The lowest BCUT2D eigenvalue weighted by atomic mass is 10.3. The van der Waals surface area contributed by atoms with Gasteiger partial charge in [-0.1, -0.05) is 6.92 Å². The fraction of sp³-hybridized carbons (Fsp3) is 0.556. The van der Waals surface area contributed by atoms with Crippen LogP contribution in [0.2, 0.25) is 0 Å². The Bertz CT molecular complexity index is 439. The zero-order valence-corrected chi connectivity index (χ0v) is 11.3. The molecule has 0 spiro atoms. The third kappa shape index (κ3) is 2.53. The van der Waals surface area contributed by atoms with Crippen molar-refractivity contribution in [2.75, 3.05) is 13.6 Å². The second-order valence-electron chi connectivity index (χ2n) is 3.22. The summed E-state index contributed by atoms with van der Waals surface area (Å²) >= 11 is 6.96. The Morgan fingerprint density at radius 3 is 2.53 bits per heavy atom. The molecule has 0 aromatic carbocycles. The van der Waals surface area contributed by atoms with Gasteiger partial charge < -0.3 is 0 Å². The molecule has 86 valence electrons. The van der Waals surface area contributed by atoms with Crippen LogP contribution >= 0.6 is 22.9 Å². The maximum Gasteiger partial charge on any atom is 0.252 e. The zero-order chi connectivity index (χ0) is 11.6. The van der Waals surface area contributed by atoms with Gasteiger partial charge in [0.15, 0.2) is 0 Å². The molecule has 0 saturated heterocycles. The summed E-state index contributed by atoms with van der Waals surface area (Å²) < 4.78 is 25.6. The fourth-order valence-corrected chi connectivity index (χ4v) is 4.28. The SMILES string of the molecule is CCN(C)S(=O)(=O)c1cc(C)c(CCl)s1. The number of rotatable bonds is 4.